The van der Waals surface area contributed by atoms with Crippen LogP contribution in [0.15, 0.2) is 24.3 Å². The highest BCUT2D eigenvalue weighted by Gasteiger charge is 2.29. The van der Waals surface area contributed by atoms with Gasteiger partial charge in [0, 0.05) is 50.4 Å². The first-order valence-electron chi connectivity index (χ1n) is 9.27. The van der Waals surface area contributed by atoms with E-state index in [1.807, 2.05) is 12.1 Å². The molecule has 0 aromatic heterocycles. The molecule has 1 aromatic rings. The lowest BCUT2D eigenvalue weighted by molar-refractivity contribution is -0.126. The van der Waals surface area contributed by atoms with Gasteiger partial charge >= 0.3 is 0 Å². The van der Waals surface area contributed by atoms with Gasteiger partial charge in [0.2, 0.25) is 11.8 Å². The lowest BCUT2D eigenvalue weighted by atomic mass is 9.96. The molecule has 2 aliphatic heterocycles. The maximum absolute atomic E-state index is 12.8. The first-order valence-corrected chi connectivity index (χ1v) is 9.27. The van der Waals surface area contributed by atoms with Crippen molar-refractivity contribution < 1.29 is 14.4 Å². The average molecular weight is 395 g/mol. The summed E-state index contributed by atoms with van der Waals surface area (Å²) < 4.78 is 0. The number of rotatable bonds is 5. The predicted octanol–water partition coefficient (Wildman–Crippen LogP) is 1.16. The smallest absolute Gasteiger partial charge is 0.253 e. The average Bonchev–Trinajstić information content (AvgIpc) is 3.11. The van der Waals surface area contributed by atoms with E-state index in [4.69, 9.17) is 5.73 Å². The molecule has 2 saturated heterocycles. The molecule has 2 fully saturated rings. The van der Waals surface area contributed by atoms with Crippen molar-refractivity contribution in [1.29, 1.82) is 0 Å². The second kappa shape index (κ2) is 9.71. The van der Waals surface area contributed by atoms with E-state index in [0.717, 1.165) is 31.5 Å². The van der Waals surface area contributed by atoms with Gasteiger partial charge in [0.1, 0.15) is 0 Å². The first kappa shape index (κ1) is 21.2. The van der Waals surface area contributed by atoms with Gasteiger partial charge in [-0.15, -0.1) is 12.4 Å². The minimum atomic E-state index is -0.180. The molecule has 2 aliphatic rings. The third-order valence-corrected chi connectivity index (χ3v) is 5.02. The zero-order valence-electron chi connectivity index (χ0n) is 15.4. The Hall–Kier alpha value is -2.12. The number of carbonyl (C=O) groups excluding carboxylic acids is 3. The van der Waals surface area contributed by atoms with Gasteiger partial charge in [-0.1, -0.05) is 0 Å². The van der Waals surface area contributed by atoms with E-state index in [2.05, 4.69) is 5.32 Å². The summed E-state index contributed by atoms with van der Waals surface area (Å²) in [4.78, 5) is 40.2. The number of anilines is 1. The normalized spacial score (nSPS) is 19.6. The van der Waals surface area contributed by atoms with Crippen LogP contribution in [0.25, 0.3) is 0 Å². The van der Waals surface area contributed by atoms with Crippen LogP contribution in [0.5, 0.6) is 0 Å². The number of nitrogens with one attached hydrogen (secondary N) is 1. The van der Waals surface area contributed by atoms with Gasteiger partial charge in [-0.2, -0.15) is 0 Å². The standard InChI is InChI=1S/C19H26N4O3.ClH/c20-9-10-21-18(25)15-3-1-11-22(13-15)19(26)14-5-7-16(8-6-14)23-12-2-4-17(23)24;/h5-8,15H,1-4,9-13,20H2,(H,21,25);1H. The number of nitrogens with two attached hydrogens (primary N) is 1. The zero-order valence-corrected chi connectivity index (χ0v) is 16.2. The molecule has 1 aromatic carbocycles. The summed E-state index contributed by atoms with van der Waals surface area (Å²) in [5.74, 6) is -0.149. The first-order chi connectivity index (χ1) is 12.6. The summed E-state index contributed by atoms with van der Waals surface area (Å²) in [7, 11) is 0. The molecule has 2 heterocycles. The van der Waals surface area contributed by atoms with E-state index < -0.39 is 0 Å². The summed E-state index contributed by atoms with van der Waals surface area (Å²) in [5, 5.41) is 2.80. The van der Waals surface area contributed by atoms with Gasteiger partial charge in [-0.25, -0.2) is 0 Å². The van der Waals surface area contributed by atoms with Crippen LogP contribution in [-0.2, 0) is 9.59 Å². The molecule has 1 atom stereocenters. The quantitative estimate of drug-likeness (QED) is 0.783. The number of likely N-dealkylation sites (tertiary alicyclic amines) is 1. The summed E-state index contributed by atoms with van der Waals surface area (Å²) in [6.07, 6.45) is 3.06. The Morgan fingerprint density at radius 3 is 2.52 bits per heavy atom. The van der Waals surface area contributed by atoms with Crippen molar-refractivity contribution in [3.05, 3.63) is 29.8 Å². The molecule has 0 spiro atoms. The number of benzene rings is 1. The highest BCUT2D eigenvalue weighted by molar-refractivity contribution is 5.97. The fourth-order valence-electron chi connectivity index (χ4n) is 3.60. The highest BCUT2D eigenvalue weighted by atomic mass is 35.5. The van der Waals surface area contributed by atoms with Crippen LogP contribution in [0.3, 0.4) is 0 Å². The molecule has 7 nitrogen and oxygen atoms in total. The maximum atomic E-state index is 12.8. The number of hydrogen-bond donors (Lipinski definition) is 2. The van der Waals surface area contributed by atoms with E-state index in [9.17, 15) is 14.4 Å². The lowest BCUT2D eigenvalue weighted by Gasteiger charge is -2.32. The molecule has 8 heteroatoms. The van der Waals surface area contributed by atoms with Crippen LogP contribution >= 0.6 is 12.4 Å². The SMILES string of the molecule is Cl.NCCNC(=O)C1CCCN(C(=O)c2ccc(N3CCCC3=O)cc2)C1. The van der Waals surface area contributed by atoms with E-state index in [1.165, 1.54) is 0 Å². The second-order valence-electron chi connectivity index (χ2n) is 6.87. The van der Waals surface area contributed by atoms with Gasteiger partial charge in [-0.3, -0.25) is 14.4 Å². The lowest BCUT2D eigenvalue weighted by Crippen LogP contribution is -2.46. The molecule has 148 valence electrons. The van der Waals surface area contributed by atoms with E-state index in [0.29, 0.717) is 38.2 Å². The van der Waals surface area contributed by atoms with Crippen molar-refractivity contribution in [2.45, 2.75) is 25.7 Å². The van der Waals surface area contributed by atoms with Crippen LogP contribution in [0.4, 0.5) is 5.69 Å². The molecule has 0 saturated carbocycles. The zero-order chi connectivity index (χ0) is 18.5. The Balaban J connectivity index is 0.00000261. The maximum Gasteiger partial charge on any atom is 0.253 e. The van der Waals surface area contributed by atoms with Crippen LogP contribution in [0.1, 0.15) is 36.0 Å². The molecule has 0 bridgehead atoms. The second-order valence-corrected chi connectivity index (χ2v) is 6.87. The summed E-state index contributed by atoms with van der Waals surface area (Å²) >= 11 is 0. The summed E-state index contributed by atoms with van der Waals surface area (Å²) in [6.45, 7) is 2.69. The Morgan fingerprint density at radius 1 is 1.15 bits per heavy atom. The molecule has 3 N–H and O–H groups in total. The topological polar surface area (TPSA) is 95.7 Å². The largest absolute Gasteiger partial charge is 0.355 e. The van der Waals surface area contributed by atoms with Crippen molar-refractivity contribution in [3.8, 4) is 0 Å². The van der Waals surface area contributed by atoms with Crippen LogP contribution in [0, 0.1) is 5.92 Å². The molecular weight excluding hydrogens is 368 g/mol. The Kier molecular flexibility index (Phi) is 7.62. The van der Waals surface area contributed by atoms with Crippen molar-refractivity contribution >= 4 is 35.8 Å². The van der Waals surface area contributed by atoms with Crippen molar-refractivity contribution in [3.63, 3.8) is 0 Å². The van der Waals surface area contributed by atoms with Crippen molar-refractivity contribution in [2.24, 2.45) is 11.7 Å². The van der Waals surface area contributed by atoms with Crippen LogP contribution in [-0.4, -0.2) is 55.3 Å². The molecule has 3 rings (SSSR count). The minimum absolute atomic E-state index is 0. The fourth-order valence-corrected chi connectivity index (χ4v) is 3.60. The third-order valence-electron chi connectivity index (χ3n) is 5.02. The van der Waals surface area contributed by atoms with Gasteiger partial charge in [0.25, 0.3) is 5.91 Å². The van der Waals surface area contributed by atoms with E-state index in [1.54, 1.807) is 21.9 Å². The Labute approximate surface area is 165 Å². The molecular formula is C19H27ClN4O3. The van der Waals surface area contributed by atoms with Crippen molar-refractivity contribution in [2.75, 3.05) is 37.6 Å². The number of amides is 3. The van der Waals surface area contributed by atoms with Gasteiger partial charge in [0.15, 0.2) is 0 Å². The van der Waals surface area contributed by atoms with Crippen LogP contribution < -0.4 is 16.0 Å². The molecule has 1 unspecified atom stereocenters. The van der Waals surface area contributed by atoms with Gasteiger partial charge in [0.05, 0.1) is 5.92 Å². The molecule has 3 amide bonds. The highest BCUT2D eigenvalue weighted by Crippen LogP contribution is 2.23. The number of carbonyl (C=O) groups is 3. The number of halogens is 1. The van der Waals surface area contributed by atoms with Crippen LogP contribution in [0.2, 0.25) is 0 Å². The number of hydrogen-bond acceptors (Lipinski definition) is 4. The van der Waals surface area contributed by atoms with Gasteiger partial charge < -0.3 is 20.9 Å². The van der Waals surface area contributed by atoms with E-state index >= 15 is 0 Å². The summed E-state index contributed by atoms with van der Waals surface area (Å²) in [6, 6.07) is 7.18. The number of piperidine rings is 1. The third kappa shape index (κ3) is 4.99. The molecule has 0 aliphatic carbocycles. The minimum Gasteiger partial charge on any atom is -0.355 e. The predicted molar refractivity (Wildman–Crippen MR) is 106 cm³/mol. The van der Waals surface area contributed by atoms with E-state index in [-0.39, 0.29) is 36.0 Å². The number of nitrogens with zero attached hydrogens (tertiary/aromatic N) is 2. The Bertz CT molecular complexity index is 680. The fraction of sp³-hybridized carbons (Fsp3) is 0.526. The van der Waals surface area contributed by atoms with Gasteiger partial charge in [-0.05, 0) is 43.5 Å². The van der Waals surface area contributed by atoms with Crippen molar-refractivity contribution in [1.82, 2.24) is 10.2 Å². The molecule has 27 heavy (non-hydrogen) atoms. The monoisotopic (exact) mass is 394 g/mol. The Morgan fingerprint density at radius 2 is 1.89 bits per heavy atom. The summed E-state index contributed by atoms with van der Waals surface area (Å²) in [5.41, 5.74) is 6.84. The molecule has 0 radical (unpaired) electrons.